The summed E-state index contributed by atoms with van der Waals surface area (Å²) in [5, 5.41) is 20.4. The Morgan fingerprint density at radius 3 is 2.59 bits per heavy atom. The number of phenols is 1. The molecule has 0 saturated carbocycles. The van der Waals surface area contributed by atoms with Gasteiger partial charge >= 0.3 is 0 Å². The van der Waals surface area contributed by atoms with E-state index in [1.807, 2.05) is 6.92 Å². The molecule has 4 unspecified atom stereocenters. The molecule has 0 fully saturated rings. The molecule has 3 N–H and O–H groups in total. The Bertz CT molecular complexity index is 1060. The van der Waals surface area contributed by atoms with Crippen LogP contribution >= 0.6 is 0 Å². The van der Waals surface area contributed by atoms with Gasteiger partial charge in [0.05, 0.1) is 0 Å². The molecule has 1 aromatic carbocycles. The molecule has 0 radical (unpaired) electrons. The molecular formula is C24H25NO4. The summed E-state index contributed by atoms with van der Waals surface area (Å²) < 4.78 is 0. The van der Waals surface area contributed by atoms with Crippen LogP contribution in [-0.2, 0) is 0 Å². The van der Waals surface area contributed by atoms with Gasteiger partial charge in [0, 0.05) is 17.7 Å². The topological polar surface area (TPSA) is 90.4 Å². The first-order valence-corrected chi connectivity index (χ1v) is 9.99. The maximum absolute atomic E-state index is 13.6. The number of carbonyl (C=O) groups is 1. The van der Waals surface area contributed by atoms with Crippen molar-refractivity contribution >= 4 is 5.78 Å². The van der Waals surface area contributed by atoms with Gasteiger partial charge in [0.2, 0.25) is 0 Å². The first kappa shape index (κ1) is 19.2. The number of carbonyl (C=O) groups excluding carboxylic acids is 1. The van der Waals surface area contributed by atoms with E-state index in [2.05, 4.69) is 30.1 Å². The highest BCUT2D eigenvalue weighted by Crippen LogP contribution is 2.44. The van der Waals surface area contributed by atoms with Crippen molar-refractivity contribution in [1.29, 1.82) is 0 Å². The Morgan fingerprint density at radius 1 is 1.14 bits per heavy atom. The second-order valence-corrected chi connectivity index (χ2v) is 8.25. The van der Waals surface area contributed by atoms with E-state index in [4.69, 9.17) is 0 Å². The number of fused-ring (bicyclic) bond motifs is 1. The number of pyridine rings is 1. The van der Waals surface area contributed by atoms with Gasteiger partial charge in [-0.1, -0.05) is 42.9 Å². The number of H-pyrrole nitrogens is 1. The first-order chi connectivity index (χ1) is 13.9. The van der Waals surface area contributed by atoms with Crippen molar-refractivity contribution in [2.45, 2.75) is 26.7 Å². The zero-order valence-electron chi connectivity index (χ0n) is 16.6. The second kappa shape index (κ2) is 7.39. The van der Waals surface area contributed by atoms with Crippen molar-refractivity contribution in [3.63, 3.8) is 0 Å². The van der Waals surface area contributed by atoms with E-state index in [9.17, 15) is 19.8 Å². The van der Waals surface area contributed by atoms with E-state index >= 15 is 0 Å². The van der Waals surface area contributed by atoms with E-state index in [1.165, 1.54) is 23.9 Å². The third-order valence-corrected chi connectivity index (χ3v) is 6.33. The van der Waals surface area contributed by atoms with Gasteiger partial charge in [-0.25, -0.2) is 0 Å². The highest BCUT2D eigenvalue weighted by molar-refractivity contribution is 6.02. The van der Waals surface area contributed by atoms with Crippen LogP contribution in [0.25, 0.3) is 11.1 Å². The zero-order chi connectivity index (χ0) is 20.7. The van der Waals surface area contributed by atoms with Crippen LogP contribution in [0.3, 0.4) is 0 Å². The summed E-state index contributed by atoms with van der Waals surface area (Å²) in [6.07, 6.45) is 9.58. The summed E-state index contributed by atoms with van der Waals surface area (Å²) in [4.78, 5) is 28.7. The number of ketones is 1. The zero-order valence-corrected chi connectivity index (χ0v) is 16.6. The SMILES string of the molecule is CC1=CCC2C(C=CC(C)C2C(=O)c2c(O)c(-c3ccc(O)cc3)c[nH]c2=O)C1. The Balaban J connectivity index is 1.77. The lowest BCUT2D eigenvalue weighted by atomic mass is 9.63. The molecule has 29 heavy (non-hydrogen) atoms. The highest BCUT2D eigenvalue weighted by atomic mass is 16.3. The highest BCUT2D eigenvalue weighted by Gasteiger charge is 2.41. The van der Waals surface area contributed by atoms with Gasteiger partial charge in [-0.2, -0.15) is 0 Å². The molecular weight excluding hydrogens is 366 g/mol. The number of aromatic amines is 1. The van der Waals surface area contributed by atoms with Crippen molar-refractivity contribution in [3.05, 3.63) is 70.2 Å². The lowest BCUT2D eigenvalue weighted by Gasteiger charge is -2.39. The standard InChI is InChI=1S/C24H25NO4/c1-13-3-10-18-16(11-13)5-4-14(2)20(18)23(28)21-22(27)19(12-25-24(21)29)15-6-8-17(26)9-7-15/h3-9,12,14,16,18,20,26H,10-11H2,1-2H3,(H2,25,27,29). The van der Waals surface area contributed by atoms with Crippen LogP contribution in [0.1, 0.15) is 37.0 Å². The Kier molecular flexibility index (Phi) is 4.91. The molecule has 0 amide bonds. The van der Waals surface area contributed by atoms with Gasteiger partial charge in [0.25, 0.3) is 5.56 Å². The maximum atomic E-state index is 13.6. The summed E-state index contributed by atoms with van der Waals surface area (Å²) in [6, 6.07) is 6.26. The number of rotatable bonds is 3. The molecule has 4 rings (SSSR count). The fourth-order valence-corrected chi connectivity index (χ4v) is 4.78. The number of benzene rings is 1. The monoisotopic (exact) mass is 391 g/mol. The number of Topliss-reactive ketones (excluding diaryl/α,β-unsaturated/α-hetero) is 1. The minimum absolute atomic E-state index is 0.00770. The van der Waals surface area contributed by atoms with Crippen LogP contribution in [0.5, 0.6) is 11.5 Å². The quantitative estimate of drug-likeness (QED) is 0.533. The summed E-state index contributed by atoms with van der Waals surface area (Å²) in [5.74, 6) is -0.449. The minimum atomic E-state index is -0.573. The molecule has 0 saturated heterocycles. The smallest absolute Gasteiger partial charge is 0.262 e. The normalized spacial score (nSPS) is 25.9. The molecule has 2 aliphatic carbocycles. The summed E-state index contributed by atoms with van der Waals surface area (Å²) in [6.45, 7) is 4.10. The molecule has 0 spiro atoms. The summed E-state index contributed by atoms with van der Waals surface area (Å²) in [5.41, 5.74) is 1.55. The number of aromatic hydroxyl groups is 2. The molecule has 0 bridgehead atoms. The average Bonchev–Trinajstić information content (AvgIpc) is 2.69. The average molecular weight is 391 g/mol. The minimum Gasteiger partial charge on any atom is -0.508 e. The van der Waals surface area contributed by atoms with E-state index in [0.29, 0.717) is 11.1 Å². The van der Waals surface area contributed by atoms with Gasteiger partial charge in [-0.05, 0) is 55.2 Å². The van der Waals surface area contributed by atoms with Gasteiger partial charge < -0.3 is 15.2 Å². The van der Waals surface area contributed by atoms with Crippen LogP contribution in [0.4, 0.5) is 0 Å². The van der Waals surface area contributed by atoms with Crippen LogP contribution < -0.4 is 5.56 Å². The molecule has 1 aromatic heterocycles. The van der Waals surface area contributed by atoms with Crippen molar-refractivity contribution in [3.8, 4) is 22.6 Å². The van der Waals surface area contributed by atoms with Crippen molar-refractivity contribution in [2.75, 3.05) is 0 Å². The lowest BCUT2D eigenvalue weighted by molar-refractivity contribution is 0.0773. The predicted molar refractivity (Wildman–Crippen MR) is 112 cm³/mol. The molecule has 1 heterocycles. The molecule has 0 aliphatic heterocycles. The molecule has 2 aromatic rings. The largest absolute Gasteiger partial charge is 0.508 e. The molecule has 5 nitrogen and oxygen atoms in total. The molecule has 4 atom stereocenters. The van der Waals surface area contributed by atoms with Gasteiger partial charge in [0.15, 0.2) is 5.78 Å². The fourth-order valence-electron chi connectivity index (χ4n) is 4.78. The number of hydrogen-bond donors (Lipinski definition) is 3. The van der Waals surface area contributed by atoms with Gasteiger partial charge in [-0.3, -0.25) is 9.59 Å². The van der Waals surface area contributed by atoms with Crippen molar-refractivity contribution < 1.29 is 15.0 Å². The van der Waals surface area contributed by atoms with Gasteiger partial charge in [0.1, 0.15) is 17.1 Å². The summed E-state index contributed by atoms with van der Waals surface area (Å²) in [7, 11) is 0. The Labute approximate surface area is 169 Å². The Hall–Kier alpha value is -3.08. The van der Waals surface area contributed by atoms with Crippen LogP contribution in [0.2, 0.25) is 0 Å². The molecule has 2 aliphatic rings. The first-order valence-electron chi connectivity index (χ1n) is 9.99. The number of allylic oxidation sites excluding steroid dienone is 4. The lowest BCUT2D eigenvalue weighted by Crippen LogP contribution is -2.39. The Morgan fingerprint density at radius 2 is 1.86 bits per heavy atom. The third-order valence-electron chi connectivity index (χ3n) is 6.33. The molecule has 150 valence electrons. The number of aromatic nitrogens is 1. The maximum Gasteiger partial charge on any atom is 0.262 e. The third kappa shape index (κ3) is 3.41. The van der Waals surface area contributed by atoms with Crippen LogP contribution in [0, 0.1) is 23.7 Å². The van der Waals surface area contributed by atoms with Crippen LogP contribution in [0.15, 0.2) is 59.1 Å². The van der Waals surface area contributed by atoms with Gasteiger partial charge in [-0.15, -0.1) is 0 Å². The van der Waals surface area contributed by atoms with Crippen molar-refractivity contribution in [1.82, 2.24) is 4.98 Å². The van der Waals surface area contributed by atoms with Crippen molar-refractivity contribution in [2.24, 2.45) is 23.7 Å². The van der Waals surface area contributed by atoms with Crippen LogP contribution in [-0.4, -0.2) is 21.0 Å². The fraction of sp³-hybridized carbons (Fsp3) is 0.333. The van der Waals surface area contributed by atoms with E-state index < -0.39 is 5.56 Å². The van der Waals surface area contributed by atoms with E-state index in [0.717, 1.165) is 12.8 Å². The number of hydrogen-bond acceptors (Lipinski definition) is 4. The number of phenolic OH excluding ortho intramolecular Hbond substituents is 1. The number of nitrogens with one attached hydrogen (secondary N) is 1. The molecule has 5 heteroatoms. The summed E-state index contributed by atoms with van der Waals surface area (Å²) >= 11 is 0. The van der Waals surface area contributed by atoms with E-state index in [1.54, 1.807) is 12.1 Å². The van der Waals surface area contributed by atoms with E-state index in [-0.39, 0.29) is 46.5 Å². The second-order valence-electron chi connectivity index (χ2n) is 8.25. The predicted octanol–water partition coefficient (Wildman–Crippen LogP) is 4.43.